The molecule has 1 rings (SSSR count). The zero-order valence-corrected chi connectivity index (χ0v) is 19.4. The van der Waals surface area contributed by atoms with Gasteiger partial charge in [-0.1, -0.05) is 41.5 Å². The van der Waals surface area contributed by atoms with Gasteiger partial charge in [0.15, 0.2) is 8.32 Å². The lowest BCUT2D eigenvalue weighted by molar-refractivity contribution is -0.389. The van der Waals surface area contributed by atoms with Crippen LogP contribution in [0.1, 0.15) is 54.9 Å². The molecule has 1 heterocycles. The van der Waals surface area contributed by atoms with E-state index in [4.69, 9.17) is 4.43 Å². The van der Waals surface area contributed by atoms with Crippen LogP contribution in [0.2, 0.25) is 16.6 Å². The Balaban J connectivity index is 2.81. The van der Waals surface area contributed by atoms with Crippen molar-refractivity contribution >= 4 is 30.1 Å². The van der Waals surface area contributed by atoms with Crippen LogP contribution in [-0.2, 0) is 11.0 Å². The van der Waals surface area contributed by atoms with Gasteiger partial charge in [0.2, 0.25) is 0 Å². The molecule has 0 bridgehead atoms. The van der Waals surface area contributed by atoms with Gasteiger partial charge in [-0.25, -0.2) is 0 Å². The zero-order valence-electron chi connectivity index (χ0n) is 16.8. The van der Waals surface area contributed by atoms with E-state index in [1.165, 1.54) is 6.20 Å². The van der Waals surface area contributed by atoms with Gasteiger partial charge < -0.3 is 19.6 Å². The van der Waals surface area contributed by atoms with Crippen LogP contribution in [0.4, 0.5) is 5.82 Å². The average molecular weight is 450 g/mol. The number of aliphatic hydroxyl groups is 1. The van der Waals surface area contributed by atoms with Crippen molar-refractivity contribution < 1.29 is 14.5 Å². The molecule has 9 heteroatoms. The maximum Gasteiger partial charge on any atom is 0.382 e. The highest BCUT2D eigenvalue weighted by molar-refractivity contribution is 9.10. The summed E-state index contributed by atoms with van der Waals surface area (Å²) >= 11 is 3.22. The summed E-state index contributed by atoms with van der Waals surface area (Å²) in [7, 11) is -2.05. The minimum atomic E-state index is -2.05. The largest absolute Gasteiger partial charge is 0.413 e. The first-order valence-corrected chi connectivity index (χ1v) is 12.0. The Morgan fingerprint density at radius 2 is 1.81 bits per heavy atom. The molecule has 0 saturated heterocycles. The average Bonchev–Trinajstić information content (AvgIpc) is 2.86. The zero-order chi connectivity index (χ0) is 20.3. The second kappa shape index (κ2) is 8.94. The fraction of sp³-hybridized carbons (Fsp3) is 0.824. The first-order chi connectivity index (χ1) is 11.8. The minimum absolute atomic E-state index is 0.210. The standard InChI is InChI=1S/C17H32BrN3O4Si/c1-12(2)26(13(3)4,14(5)6)25-11-17(7,22)8-9-20-10-15(21(23)24)19-16(20)18/h10,12-14,22H,8-9,11H2,1-7H3. The summed E-state index contributed by atoms with van der Waals surface area (Å²) in [4.78, 5) is 14.1. The number of nitro groups is 1. The second-order valence-electron chi connectivity index (χ2n) is 8.17. The number of halogens is 1. The molecule has 1 aromatic rings. The fourth-order valence-corrected chi connectivity index (χ4v) is 9.86. The number of aromatic nitrogens is 2. The quantitative estimate of drug-likeness (QED) is 0.312. The molecule has 0 aliphatic rings. The van der Waals surface area contributed by atoms with E-state index in [1.807, 2.05) is 0 Å². The van der Waals surface area contributed by atoms with Crippen LogP contribution >= 0.6 is 15.9 Å². The Morgan fingerprint density at radius 3 is 2.19 bits per heavy atom. The number of aryl methyl sites for hydroxylation is 1. The molecular weight excluding hydrogens is 418 g/mol. The van der Waals surface area contributed by atoms with Gasteiger partial charge in [0, 0.05) is 22.5 Å². The summed E-state index contributed by atoms with van der Waals surface area (Å²) in [5, 5.41) is 21.6. The van der Waals surface area contributed by atoms with Crippen molar-refractivity contribution in [2.75, 3.05) is 6.61 Å². The molecule has 7 nitrogen and oxygen atoms in total. The molecule has 1 unspecified atom stereocenters. The van der Waals surface area contributed by atoms with E-state index in [0.717, 1.165) is 0 Å². The third-order valence-corrected chi connectivity index (χ3v) is 11.8. The Hall–Kier alpha value is -0.773. The van der Waals surface area contributed by atoms with Crippen molar-refractivity contribution in [3.8, 4) is 0 Å². The Bertz CT molecular complexity index is 595. The highest BCUT2D eigenvalue weighted by Crippen LogP contribution is 2.42. The van der Waals surface area contributed by atoms with Gasteiger partial charge in [-0.2, -0.15) is 0 Å². The van der Waals surface area contributed by atoms with Crippen LogP contribution in [0.3, 0.4) is 0 Å². The number of hydrogen-bond donors (Lipinski definition) is 1. The maximum absolute atomic E-state index is 10.8. The first-order valence-electron chi connectivity index (χ1n) is 9.07. The van der Waals surface area contributed by atoms with Gasteiger partial charge >= 0.3 is 5.82 Å². The van der Waals surface area contributed by atoms with Gasteiger partial charge in [-0.15, -0.1) is 0 Å². The van der Waals surface area contributed by atoms with E-state index >= 15 is 0 Å². The summed E-state index contributed by atoms with van der Waals surface area (Å²) in [6.07, 6.45) is 1.79. The number of rotatable bonds is 10. The maximum atomic E-state index is 10.8. The first kappa shape index (κ1) is 23.3. The molecule has 0 spiro atoms. The lowest BCUT2D eigenvalue weighted by atomic mass is 10.0. The Labute approximate surface area is 165 Å². The van der Waals surface area contributed by atoms with Crippen molar-refractivity contribution in [3.63, 3.8) is 0 Å². The van der Waals surface area contributed by atoms with E-state index in [9.17, 15) is 15.2 Å². The van der Waals surface area contributed by atoms with Crippen LogP contribution < -0.4 is 0 Å². The summed E-state index contributed by atoms with van der Waals surface area (Å²) in [6, 6.07) is 0. The highest BCUT2D eigenvalue weighted by Gasteiger charge is 2.46. The molecule has 1 atom stereocenters. The van der Waals surface area contributed by atoms with Gasteiger partial charge in [0.25, 0.3) is 4.73 Å². The molecule has 0 aliphatic carbocycles. The monoisotopic (exact) mass is 449 g/mol. The van der Waals surface area contributed by atoms with Crippen LogP contribution in [0, 0.1) is 10.1 Å². The highest BCUT2D eigenvalue weighted by atomic mass is 79.9. The topological polar surface area (TPSA) is 90.4 Å². The van der Waals surface area contributed by atoms with Crippen molar-refractivity contribution in [2.24, 2.45) is 0 Å². The molecule has 1 N–H and O–H groups in total. The van der Waals surface area contributed by atoms with Gasteiger partial charge in [0.1, 0.15) is 6.20 Å². The molecule has 26 heavy (non-hydrogen) atoms. The molecule has 0 aliphatic heterocycles. The molecule has 0 aromatic carbocycles. The van der Waals surface area contributed by atoms with Crippen molar-refractivity contribution in [3.05, 3.63) is 21.0 Å². The van der Waals surface area contributed by atoms with Gasteiger partial charge in [-0.3, -0.25) is 4.57 Å². The van der Waals surface area contributed by atoms with Crippen molar-refractivity contribution in [2.45, 2.75) is 83.7 Å². The molecule has 0 saturated carbocycles. The predicted octanol–water partition coefficient (Wildman–Crippen LogP) is 4.89. The smallest absolute Gasteiger partial charge is 0.382 e. The number of nitrogens with zero attached hydrogens (tertiary/aromatic N) is 3. The van der Waals surface area contributed by atoms with Crippen molar-refractivity contribution in [1.82, 2.24) is 9.55 Å². The van der Waals surface area contributed by atoms with Gasteiger partial charge in [0.05, 0.1) is 12.2 Å². The Kier molecular flexibility index (Phi) is 8.00. The lowest BCUT2D eigenvalue weighted by Crippen LogP contribution is -2.50. The third-order valence-electron chi connectivity index (χ3n) is 5.13. The predicted molar refractivity (Wildman–Crippen MR) is 109 cm³/mol. The minimum Gasteiger partial charge on any atom is -0.413 e. The van der Waals surface area contributed by atoms with E-state index in [-0.39, 0.29) is 12.4 Å². The van der Waals surface area contributed by atoms with Gasteiger partial charge in [-0.05, 0) is 39.9 Å². The lowest BCUT2D eigenvalue weighted by Gasteiger charge is -2.43. The molecule has 0 amide bonds. The summed E-state index contributed by atoms with van der Waals surface area (Å²) in [6.45, 7) is 15.7. The van der Waals surface area contributed by atoms with E-state index < -0.39 is 18.8 Å². The number of imidazole rings is 1. The van der Waals surface area contributed by atoms with E-state index in [0.29, 0.717) is 34.3 Å². The number of hydrogen-bond acceptors (Lipinski definition) is 5. The van der Waals surface area contributed by atoms with E-state index in [2.05, 4.69) is 62.5 Å². The van der Waals surface area contributed by atoms with Crippen molar-refractivity contribution in [1.29, 1.82) is 0 Å². The fourth-order valence-electron chi connectivity index (χ4n) is 3.84. The molecule has 1 aromatic heterocycles. The Morgan fingerprint density at radius 1 is 1.31 bits per heavy atom. The SMILES string of the molecule is CC(C)[Si](OCC(C)(O)CCn1cc([N+](=O)[O-])nc1Br)(C(C)C)C(C)C. The molecule has 0 radical (unpaired) electrons. The summed E-state index contributed by atoms with van der Waals surface area (Å²) in [5.41, 5.74) is 0.325. The van der Waals surface area contributed by atoms with Crippen LogP contribution in [0.5, 0.6) is 0 Å². The van der Waals surface area contributed by atoms with Crippen LogP contribution in [-0.4, -0.2) is 40.1 Å². The van der Waals surface area contributed by atoms with Crippen LogP contribution in [0.25, 0.3) is 0 Å². The third kappa shape index (κ3) is 5.37. The summed E-state index contributed by atoms with van der Waals surface area (Å²) < 4.78 is 8.50. The molecule has 0 fully saturated rings. The molecule has 150 valence electrons. The normalized spacial score (nSPS) is 15.1. The summed E-state index contributed by atoms with van der Waals surface area (Å²) in [5.74, 6) is -0.210. The molecular formula is C17H32BrN3O4Si. The second-order valence-corrected chi connectivity index (χ2v) is 14.3. The van der Waals surface area contributed by atoms with Crippen LogP contribution in [0.15, 0.2) is 10.9 Å². The van der Waals surface area contributed by atoms with E-state index in [1.54, 1.807) is 11.5 Å².